The van der Waals surface area contributed by atoms with E-state index in [4.69, 9.17) is 9.72 Å². The molecule has 0 N–H and O–H groups in total. The molecule has 0 atom stereocenters. The lowest BCUT2D eigenvalue weighted by molar-refractivity contribution is -0.384. The van der Waals surface area contributed by atoms with Crippen molar-refractivity contribution >= 4 is 22.6 Å². The zero-order valence-electron chi connectivity index (χ0n) is 17.9. The number of nitrogens with zero attached hydrogens (tertiary/aromatic N) is 2. The van der Waals surface area contributed by atoms with E-state index < -0.39 is 10.9 Å². The maximum absolute atomic E-state index is 13.0. The van der Waals surface area contributed by atoms with Crippen molar-refractivity contribution in [2.24, 2.45) is 0 Å². The first-order valence-corrected chi connectivity index (χ1v) is 10.4. The summed E-state index contributed by atoms with van der Waals surface area (Å²) in [5, 5.41) is 11.5. The molecule has 6 nitrogen and oxygen atoms in total. The molecule has 0 saturated carbocycles. The Kier molecular flexibility index (Phi) is 5.94. The van der Waals surface area contributed by atoms with Gasteiger partial charge in [0.2, 0.25) is 0 Å². The lowest BCUT2D eigenvalue weighted by Gasteiger charge is -2.11. The van der Waals surface area contributed by atoms with E-state index in [0.29, 0.717) is 16.8 Å². The van der Waals surface area contributed by atoms with E-state index in [9.17, 15) is 14.9 Å². The van der Waals surface area contributed by atoms with Crippen LogP contribution in [0.5, 0.6) is 0 Å². The highest BCUT2D eigenvalue weighted by Crippen LogP contribution is 2.27. The highest BCUT2D eigenvalue weighted by atomic mass is 16.6. The predicted octanol–water partition coefficient (Wildman–Crippen LogP) is 6.04. The van der Waals surface area contributed by atoms with Gasteiger partial charge < -0.3 is 4.74 Å². The number of nitro benzene ring substituents is 1. The summed E-state index contributed by atoms with van der Waals surface area (Å²) in [5.74, 6) is -0.465. The van der Waals surface area contributed by atoms with Gasteiger partial charge in [0.25, 0.3) is 5.69 Å². The number of carbonyl (C=O) groups is 1. The molecule has 0 unspecified atom stereocenters. The van der Waals surface area contributed by atoms with Gasteiger partial charge in [0, 0.05) is 23.1 Å². The minimum absolute atomic E-state index is 0.00517. The molecule has 4 aromatic rings. The second kappa shape index (κ2) is 8.98. The number of esters is 1. The average Bonchev–Trinajstić information content (AvgIpc) is 2.82. The minimum Gasteiger partial charge on any atom is -0.457 e. The van der Waals surface area contributed by atoms with Crippen molar-refractivity contribution in [1.29, 1.82) is 0 Å². The fourth-order valence-electron chi connectivity index (χ4n) is 3.51. The van der Waals surface area contributed by atoms with Crippen LogP contribution in [0, 0.1) is 17.0 Å². The Morgan fingerprint density at radius 2 is 1.66 bits per heavy atom. The third kappa shape index (κ3) is 4.49. The SMILES string of the molecule is CCc1ccc(-c2cc(C(=O)OCc3ccc([N+](=O)[O-])cc3)c3cc(C)ccc3n2)cc1. The fourth-order valence-corrected chi connectivity index (χ4v) is 3.51. The number of ether oxygens (including phenoxy) is 1. The van der Waals surface area contributed by atoms with Crippen LogP contribution >= 0.6 is 0 Å². The number of hydrogen-bond donors (Lipinski definition) is 0. The molecule has 4 rings (SSSR count). The van der Waals surface area contributed by atoms with Crippen LogP contribution in [0.1, 0.15) is 34.0 Å². The Labute approximate surface area is 185 Å². The van der Waals surface area contributed by atoms with E-state index in [1.54, 1.807) is 18.2 Å². The average molecular weight is 426 g/mol. The molecule has 0 bridgehead atoms. The zero-order valence-corrected chi connectivity index (χ0v) is 17.9. The summed E-state index contributed by atoms with van der Waals surface area (Å²) in [4.78, 5) is 28.2. The van der Waals surface area contributed by atoms with E-state index in [1.165, 1.54) is 17.7 Å². The minimum atomic E-state index is -0.465. The molecule has 1 heterocycles. The van der Waals surface area contributed by atoms with E-state index in [2.05, 4.69) is 19.1 Å². The monoisotopic (exact) mass is 426 g/mol. The maximum atomic E-state index is 13.0. The molecular weight excluding hydrogens is 404 g/mol. The zero-order chi connectivity index (χ0) is 22.7. The van der Waals surface area contributed by atoms with Crippen molar-refractivity contribution in [3.8, 4) is 11.3 Å². The predicted molar refractivity (Wildman–Crippen MR) is 124 cm³/mol. The quantitative estimate of drug-likeness (QED) is 0.213. The number of fused-ring (bicyclic) bond motifs is 1. The Bertz CT molecular complexity index is 1300. The van der Waals surface area contributed by atoms with Gasteiger partial charge in [0.05, 0.1) is 21.7 Å². The van der Waals surface area contributed by atoms with Crippen molar-refractivity contribution in [2.45, 2.75) is 26.9 Å². The first-order valence-electron chi connectivity index (χ1n) is 10.4. The summed E-state index contributed by atoms with van der Waals surface area (Å²) in [6.07, 6.45) is 0.949. The Hall–Kier alpha value is -4.06. The number of non-ortho nitro benzene ring substituents is 1. The van der Waals surface area contributed by atoms with E-state index in [1.807, 2.05) is 37.3 Å². The number of rotatable bonds is 6. The lowest BCUT2D eigenvalue weighted by Crippen LogP contribution is -2.07. The van der Waals surface area contributed by atoms with Crippen molar-refractivity contribution in [1.82, 2.24) is 4.98 Å². The van der Waals surface area contributed by atoms with E-state index in [-0.39, 0.29) is 12.3 Å². The second-order valence-electron chi connectivity index (χ2n) is 7.63. The molecular formula is C26H22N2O4. The molecule has 1 aromatic heterocycles. The summed E-state index contributed by atoms with van der Waals surface area (Å²) < 4.78 is 5.55. The summed E-state index contributed by atoms with van der Waals surface area (Å²) >= 11 is 0. The standard InChI is InChI=1S/C26H22N2O4/c1-3-18-5-9-20(10-6-18)25-15-23(22-14-17(2)4-13-24(22)27-25)26(29)32-16-19-7-11-21(12-8-19)28(30)31/h4-15H,3,16H2,1-2H3. The molecule has 160 valence electrons. The molecule has 3 aromatic carbocycles. The van der Waals surface area contributed by atoms with Crippen LogP contribution in [0.15, 0.2) is 72.8 Å². The number of carbonyl (C=O) groups excluding carboxylic acids is 1. The van der Waals surface area contributed by atoms with Gasteiger partial charge in [-0.3, -0.25) is 10.1 Å². The van der Waals surface area contributed by atoms with Gasteiger partial charge in [-0.1, -0.05) is 42.8 Å². The van der Waals surface area contributed by atoms with Crippen molar-refractivity contribution in [3.63, 3.8) is 0 Å². The van der Waals surface area contributed by atoms with Gasteiger partial charge in [-0.15, -0.1) is 0 Å². The molecule has 0 spiro atoms. The summed E-state index contributed by atoms with van der Waals surface area (Å²) in [6, 6.07) is 21.6. The van der Waals surface area contributed by atoms with Crippen LogP contribution in [-0.2, 0) is 17.8 Å². The second-order valence-corrected chi connectivity index (χ2v) is 7.63. The highest BCUT2D eigenvalue weighted by Gasteiger charge is 2.16. The molecule has 32 heavy (non-hydrogen) atoms. The number of pyridine rings is 1. The van der Waals surface area contributed by atoms with Gasteiger partial charge in [-0.05, 0) is 54.8 Å². The third-order valence-electron chi connectivity index (χ3n) is 5.36. The topological polar surface area (TPSA) is 82.3 Å². The summed E-state index contributed by atoms with van der Waals surface area (Å²) in [5.41, 5.74) is 5.70. The van der Waals surface area contributed by atoms with Crippen molar-refractivity contribution < 1.29 is 14.5 Å². The number of benzene rings is 3. The first-order chi connectivity index (χ1) is 15.4. The van der Waals surface area contributed by atoms with Crippen molar-refractivity contribution in [3.05, 3.63) is 105 Å². The maximum Gasteiger partial charge on any atom is 0.339 e. The fraction of sp³-hybridized carbons (Fsp3) is 0.154. The first kappa shape index (κ1) is 21.2. The highest BCUT2D eigenvalue weighted by molar-refractivity contribution is 6.04. The molecule has 0 radical (unpaired) electrons. The Morgan fingerprint density at radius 3 is 2.31 bits per heavy atom. The summed E-state index contributed by atoms with van der Waals surface area (Å²) in [6.45, 7) is 4.08. The van der Waals surface area contributed by atoms with Crippen LogP contribution in [0.2, 0.25) is 0 Å². The van der Waals surface area contributed by atoms with Crippen LogP contribution in [0.3, 0.4) is 0 Å². The molecule has 0 aliphatic rings. The smallest absolute Gasteiger partial charge is 0.339 e. The number of nitro groups is 1. The number of aryl methyl sites for hydroxylation is 2. The van der Waals surface area contributed by atoms with Gasteiger partial charge in [-0.25, -0.2) is 9.78 Å². The Balaban J connectivity index is 1.66. The molecule has 0 fully saturated rings. The van der Waals surface area contributed by atoms with Crippen LogP contribution in [0.25, 0.3) is 22.2 Å². The lowest BCUT2D eigenvalue weighted by atomic mass is 10.0. The molecule has 0 aliphatic carbocycles. The largest absolute Gasteiger partial charge is 0.457 e. The molecule has 6 heteroatoms. The third-order valence-corrected chi connectivity index (χ3v) is 5.36. The molecule has 0 amide bonds. The molecule has 0 aliphatic heterocycles. The van der Waals surface area contributed by atoms with Crippen LogP contribution < -0.4 is 0 Å². The molecule has 0 saturated heterocycles. The van der Waals surface area contributed by atoms with Gasteiger partial charge in [0.15, 0.2) is 0 Å². The van der Waals surface area contributed by atoms with Gasteiger partial charge in [-0.2, -0.15) is 0 Å². The van der Waals surface area contributed by atoms with E-state index >= 15 is 0 Å². The van der Waals surface area contributed by atoms with E-state index in [0.717, 1.165) is 28.5 Å². The number of aromatic nitrogens is 1. The Morgan fingerprint density at radius 1 is 0.969 bits per heavy atom. The van der Waals surface area contributed by atoms with Crippen LogP contribution in [-0.4, -0.2) is 15.9 Å². The van der Waals surface area contributed by atoms with Gasteiger partial charge >= 0.3 is 5.97 Å². The van der Waals surface area contributed by atoms with Crippen molar-refractivity contribution in [2.75, 3.05) is 0 Å². The normalized spacial score (nSPS) is 10.8. The summed E-state index contributed by atoms with van der Waals surface area (Å²) in [7, 11) is 0. The van der Waals surface area contributed by atoms with Crippen LogP contribution in [0.4, 0.5) is 5.69 Å². The van der Waals surface area contributed by atoms with Gasteiger partial charge in [0.1, 0.15) is 6.61 Å². The number of hydrogen-bond acceptors (Lipinski definition) is 5.